The van der Waals surface area contributed by atoms with Crippen molar-refractivity contribution in [2.75, 3.05) is 6.26 Å². The molecule has 9 heteroatoms. The molecule has 0 aliphatic carbocycles. The maximum atomic E-state index is 10.9. The first-order valence-electron chi connectivity index (χ1n) is 3.17. The van der Waals surface area contributed by atoms with Crippen LogP contribution in [0.5, 0.6) is 0 Å². The van der Waals surface area contributed by atoms with Crippen molar-refractivity contribution >= 4 is 57.2 Å². The van der Waals surface area contributed by atoms with Crippen molar-refractivity contribution in [1.29, 1.82) is 0 Å². The molecule has 4 amide bonds. The van der Waals surface area contributed by atoms with Crippen LogP contribution in [-0.2, 0) is 19.4 Å². The Morgan fingerprint density at radius 3 is 1.71 bits per heavy atom. The van der Waals surface area contributed by atoms with Crippen molar-refractivity contribution in [3.63, 3.8) is 0 Å². The first kappa shape index (κ1) is 13.6. The Balaban J connectivity index is 0.00000169. The Kier molecular flexibility index (Phi) is 4.25. The SMILES string of the molecule is CS(=O)(=O)C1C(=O)NC(=O)NC1=O.[NaH]. The number of urea groups is 1. The second kappa shape index (κ2) is 4.39. The molecule has 0 aromatic rings. The van der Waals surface area contributed by atoms with E-state index in [-0.39, 0.29) is 29.6 Å². The van der Waals surface area contributed by atoms with E-state index < -0.39 is 32.9 Å². The number of barbiturate groups is 1. The van der Waals surface area contributed by atoms with Crippen molar-refractivity contribution < 1.29 is 22.8 Å². The molecule has 0 atom stereocenters. The van der Waals surface area contributed by atoms with Crippen LogP contribution in [0, 0.1) is 0 Å². The van der Waals surface area contributed by atoms with Crippen LogP contribution in [0.3, 0.4) is 0 Å². The van der Waals surface area contributed by atoms with Gasteiger partial charge in [0.2, 0.25) is 5.25 Å². The molecule has 0 radical (unpaired) electrons. The van der Waals surface area contributed by atoms with Crippen LogP contribution in [0.15, 0.2) is 0 Å². The fourth-order valence-corrected chi connectivity index (χ4v) is 1.79. The van der Waals surface area contributed by atoms with Crippen LogP contribution in [0.2, 0.25) is 0 Å². The Morgan fingerprint density at radius 1 is 1.07 bits per heavy atom. The van der Waals surface area contributed by atoms with Crippen molar-refractivity contribution in [1.82, 2.24) is 10.6 Å². The summed E-state index contributed by atoms with van der Waals surface area (Å²) in [6.45, 7) is 0. The molecule has 74 valence electrons. The van der Waals surface area contributed by atoms with Gasteiger partial charge in [-0.1, -0.05) is 0 Å². The second-order valence-electron chi connectivity index (χ2n) is 2.52. The summed E-state index contributed by atoms with van der Waals surface area (Å²) in [4.78, 5) is 32.3. The number of rotatable bonds is 1. The Hall–Kier alpha value is -0.440. The predicted molar refractivity (Wildman–Crippen MR) is 47.5 cm³/mol. The molecule has 0 saturated carbocycles. The molecular weight excluding hydrogens is 223 g/mol. The normalized spacial score (nSPS) is 18.2. The third-order valence-electron chi connectivity index (χ3n) is 1.38. The predicted octanol–water partition coefficient (Wildman–Crippen LogP) is -2.88. The van der Waals surface area contributed by atoms with Crippen LogP contribution < -0.4 is 10.6 Å². The van der Waals surface area contributed by atoms with E-state index in [1.807, 2.05) is 0 Å². The van der Waals surface area contributed by atoms with Gasteiger partial charge in [-0.25, -0.2) is 13.2 Å². The molecule has 0 aromatic heterocycles. The summed E-state index contributed by atoms with van der Waals surface area (Å²) in [5, 5.41) is 1.53. The first-order chi connectivity index (χ1) is 5.82. The van der Waals surface area contributed by atoms with Gasteiger partial charge < -0.3 is 0 Å². The Morgan fingerprint density at radius 2 is 1.43 bits per heavy atom. The molecule has 0 spiro atoms. The van der Waals surface area contributed by atoms with Gasteiger partial charge in [0.15, 0.2) is 9.84 Å². The molecule has 1 aliphatic heterocycles. The fraction of sp³-hybridized carbons (Fsp3) is 0.400. The number of hydrogen-bond acceptors (Lipinski definition) is 5. The maximum absolute atomic E-state index is 10.9. The van der Waals surface area contributed by atoms with E-state index >= 15 is 0 Å². The van der Waals surface area contributed by atoms with Crippen molar-refractivity contribution in [2.45, 2.75) is 5.25 Å². The first-order valence-corrected chi connectivity index (χ1v) is 5.12. The summed E-state index contributed by atoms with van der Waals surface area (Å²) < 4.78 is 21.8. The van der Waals surface area contributed by atoms with Crippen LogP contribution in [0.1, 0.15) is 0 Å². The third kappa shape index (κ3) is 2.77. The summed E-state index contributed by atoms with van der Waals surface area (Å²) in [5.41, 5.74) is 0. The molecule has 7 nitrogen and oxygen atoms in total. The number of nitrogens with one attached hydrogen (secondary N) is 2. The zero-order valence-electron chi connectivity index (χ0n) is 6.53. The number of hydrogen-bond donors (Lipinski definition) is 2. The molecule has 1 saturated heterocycles. The van der Waals surface area contributed by atoms with E-state index in [0.29, 0.717) is 0 Å². The number of sulfone groups is 1. The molecule has 2 N–H and O–H groups in total. The number of carbonyl (C=O) groups excluding carboxylic acids is 3. The average molecular weight is 230 g/mol. The van der Waals surface area contributed by atoms with Gasteiger partial charge in [-0.2, -0.15) is 0 Å². The topological polar surface area (TPSA) is 109 Å². The minimum absolute atomic E-state index is 0. The molecule has 1 aliphatic rings. The van der Waals surface area contributed by atoms with E-state index in [1.165, 1.54) is 0 Å². The Labute approximate surface area is 102 Å². The van der Waals surface area contributed by atoms with Crippen LogP contribution in [0.25, 0.3) is 0 Å². The molecule has 0 bridgehead atoms. The monoisotopic (exact) mass is 230 g/mol. The van der Waals surface area contributed by atoms with Gasteiger partial charge in [0.05, 0.1) is 0 Å². The van der Waals surface area contributed by atoms with Crippen molar-refractivity contribution in [3.05, 3.63) is 0 Å². The van der Waals surface area contributed by atoms with Gasteiger partial charge in [-0.05, 0) is 0 Å². The molecule has 14 heavy (non-hydrogen) atoms. The summed E-state index contributed by atoms with van der Waals surface area (Å²) in [7, 11) is -3.82. The van der Waals surface area contributed by atoms with Crippen LogP contribution in [0.4, 0.5) is 4.79 Å². The Bertz CT molecular complexity index is 369. The van der Waals surface area contributed by atoms with E-state index in [1.54, 1.807) is 10.6 Å². The van der Waals surface area contributed by atoms with Gasteiger partial charge in [-0.15, -0.1) is 0 Å². The van der Waals surface area contributed by atoms with E-state index in [9.17, 15) is 22.8 Å². The van der Waals surface area contributed by atoms with Gasteiger partial charge in [-0.3, -0.25) is 20.2 Å². The second-order valence-corrected chi connectivity index (χ2v) is 4.65. The van der Waals surface area contributed by atoms with E-state index in [4.69, 9.17) is 0 Å². The standard InChI is InChI=1S/C5H6N2O5S.Na.H/c1-13(11,12)2-3(8)6-5(10)7-4(2)9;;/h2H,1H3,(H2,6,7,8,9,10);;. The third-order valence-corrected chi connectivity index (χ3v) is 2.66. The number of amides is 4. The molecule has 0 aromatic carbocycles. The van der Waals surface area contributed by atoms with Gasteiger partial charge >= 0.3 is 35.6 Å². The van der Waals surface area contributed by atoms with Crippen LogP contribution in [-0.4, -0.2) is 67.3 Å². The van der Waals surface area contributed by atoms with E-state index in [0.717, 1.165) is 6.26 Å². The molecule has 1 rings (SSSR count). The summed E-state index contributed by atoms with van der Waals surface area (Å²) in [5.74, 6) is -2.23. The van der Waals surface area contributed by atoms with Crippen LogP contribution >= 0.6 is 0 Å². The van der Waals surface area contributed by atoms with Crippen molar-refractivity contribution in [2.24, 2.45) is 0 Å². The van der Waals surface area contributed by atoms with E-state index in [2.05, 4.69) is 0 Å². The molecule has 1 heterocycles. The average Bonchev–Trinajstić information content (AvgIpc) is 1.78. The van der Waals surface area contributed by atoms with Crippen molar-refractivity contribution in [3.8, 4) is 0 Å². The molecule has 1 fully saturated rings. The number of imide groups is 2. The summed E-state index contributed by atoms with van der Waals surface area (Å²) in [6.07, 6.45) is 0.743. The van der Waals surface area contributed by atoms with Gasteiger partial charge in [0.25, 0.3) is 11.8 Å². The summed E-state index contributed by atoms with van der Waals surface area (Å²) >= 11 is 0. The zero-order valence-corrected chi connectivity index (χ0v) is 7.34. The quantitative estimate of drug-likeness (QED) is 0.371. The fourth-order valence-electron chi connectivity index (χ4n) is 0.894. The molecular formula is C5H7N2NaO5S. The zero-order chi connectivity index (χ0) is 10.2. The minimum atomic E-state index is -3.82. The van der Waals surface area contributed by atoms with Gasteiger partial charge in [0.1, 0.15) is 0 Å². The summed E-state index contributed by atoms with van der Waals surface area (Å²) in [6, 6.07) is -1.00. The van der Waals surface area contributed by atoms with Gasteiger partial charge in [0, 0.05) is 6.26 Å². The molecule has 0 unspecified atom stereocenters. The number of carbonyl (C=O) groups is 3.